The Bertz CT molecular complexity index is 1880. The molecular formula is C43H45N3O6. The van der Waals surface area contributed by atoms with E-state index in [2.05, 4.69) is 22.2 Å². The van der Waals surface area contributed by atoms with Crippen LogP contribution in [-0.2, 0) is 16.0 Å². The molecule has 0 bridgehead atoms. The van der Waals surface area contributed by atoms with Crippen LogP contribution < -0.4 is 14.8 Å². The molecule has 1 aromatic heterocycles. The predicted molar refractivity (Wildman–Crippen MR) is 201 cm³/mol. The van der Waals surface area contributed by atoms with Gasteiger partial charge in [-0.25, -0.2) is 9.97 Å². The normalized spacial score (nSPS) is 12.0. The van der Waals surface area contributed by atoms with E-state index in [1.165, 1.54) is 32.6 Å². The molecule has 0 aliphatic carbocycles. The number of aromatic nitrogens is 2. The smallest absolute Gasteiger partial charge is 0.325 e. The molecule has 1 amide bonds. The Balaban J connectivity index is 1.20. The minimum Gasteiger partial charge on any atom is -0.494 e. The molecule has 0 aliphatic heterocycles. The van der Waals surface area contributed by atoms with Crippen LogP contribution in [0.25, 0.3) is 22.5 Å². The summed E-state index contributed by atoms with van der Waals surface area (Å²) in [5, 5.41) is 11.9. The molecule has 0 fully saturated rings. The summed E-state index contributed by atoms with van der Waals surface area (Å²) in [5.41, 5.74) is 3.92. The molecule has 0 radical (unpaired) electrons. The molecule has 2 atom stereocenters. The topological polar surface area (TPSA) is 128 Å². The number of nitrogens with zero attached hydrogens (tertiary/aromatic N) is 2. The van der Waals surface area contributed by atoms with E-state index in [4.69, 9.17) is 9.47 Å². The first-order valence-corrected chi connectivity index (χ1v) is 17.8. The van der Waals surface area contributed by atoms with E-state index in [1.54, 1.807) is 36.7 Å². The first-order valence-electron chi connectivity index (χ1n) is 17.8. The number of hydrogen-bond donors (Lipinski definition) is 2. The highest BCUT2D eigenvalue weighted by atomic mass is 16.5. The molecule has 0 saturated carbocycles. The number of nitrogens with one attached hydrogen (secondary N) is 1. The van der Waals surface area contributed by atoms with Crippen LogP contribution in [0.15, 0.2) is 116 Å². The molecule has 1 heterocycles. The summed E-state index contributed by atoms with van der Waals surface area (Å²) >= 11 is 0. The fourth-order valence-electron chi connectivity index (χ4n) is 5.67. The zero-order valence-electron chi connectivity index (χ0n) is 29.7. The van der Waals surface area contributed by atoms with Crippen molar-refractivity contribution in [1.29, 1.82) is 0 Å². The maximum atomic E-state index is 13.3. The molecule has 5 rings (SSSR count). The van der Waals surface area contributed by atoms with Gasteiger partial charge in [0.05, 0.1) is 6.61 Å². The summed E-state index contributed by atoms with van der Waals surface area (Å²) in [7, 11) is 0. The van der Waals surface area contributed by atoms with Crippen LogP contribution >= 0.6 is 0 Å². The zero-order valence-corrected chi connectivity index (χ0v) is 29.7. The van der Waals surface area contributed by atoms with Crippen LogP contribution in [0.4, 0.5) is 0 Å². The van der Waals surface area contributed by atoms with E-state index in [9.17, 15) is 19.5 Å². The average molecular weight is 700 g/mol. The second-order valence-corrected chi connectivity index (χ2v) is 12.8. The lowest BCUT2D eigenvalue weighted by molar-refractivity contribution is -0.141. The molecule has 0 unspecified atom stereocenters. The van der Waals surface area contributed by atoms with Crippen LogP contribution in [0.2, 0.25) is 0 Å². The first kappa shape index (κ1) is 37.4. The van der Waals surface area contributed by atoms with Gasteiger partial charge in [-0.2, -0.15) is 0 Å². The maximum absolute atomic E-state index is 13.3. The van der Waals surface area contributed by atoms with Crippen molar-refractivity contribution in [2.24, 2.45) is 5.92 Å². The van der Waals surface area contributed by atoms with Crippen molar-refractivity contribution in [3.05, 3.63) is 127 Å². The van der Waals surface area contributed by atoms with Crippen LogP contribution in [0, 0.1) is 5.92 Å². The third kappa shape index (κ3) is 11.1. The molecule has 4 aromatic carbocycles. The minimum atomic E-state index is -1.16. The first-order chi connectivity index (χ1) is 25.3. The summed E-state index contributed by atoms with van der Waals surface area (Å²) in [6.45, 7) is 4.32. The van der Waals surface area contributed by atoms with Crippen molar-refractivity contribution >= 4 is 17.7 Å². The van der Waals surface area contributed by atoms with Gasteiger partial charge in [0, 0.05) is 41.4 Å². The molecule has 268 valence electrons. The Kier molecular flexibility index (Phi) is 13.6. The number of rotatable bonds is 19. The van der Waals surface area contributed by atoms with Gasteiger partial charge in [-0.1, -0.05) is 87.2 Å². The van der Waals surface area contributed by atoms with Gasteiger partial charge in [0.15, 0.2) is 11.6 Å². The van der Waals surface area contributed by atoms with Crippen molar-refractivity contribution in [1.82, 2.24) is 15.3 Å². The Hall–Kier alpha value is -5.83. The fraction of sp³-hybridized carbons (Fsp3) is 0.279. The van der Waals surface area contributed by atoms with Crippen LogP contribution in [-0.4, -0.2) is 45.4 Å². The highest BCUT2D eigenvalue weighted by Gasteiger charge is 2.26. The number of ether oxygens (including phenoxy) is 2. The lowest BCUT2D eigenvalue weighted by atomic mass is 9.90. The number of Topliss-reactive ketones (excluding diaryl/α,β-unsaturated/α-hetero) is 1. The van der Waals surface area contributed by atoms with E-state index in [0.717, 1.165) is 41.0 Å². The SMILES string of the molecule is CCCCCCCOc1ccc(-c2cnc(-c3ccc(C[C@H](CC(=O)c4ccc(Oc5ccccc5)cc4)C(=O)N[C@H](C)C(=O)O)cc3)nc2)cc1. The van der Waals surface area contributed by atoms with Gasteiger partial charge in [0.2, 0.25) is 5.91 Å². The van der Waals surface area contributed by atoms with Gasteiger partial charge < -0.3 is 19.9 Å². The molecule has 9 heteroatoms. The van der Waals surface area contributed by atoms with E-state index in [-0.39, 0.29) is 18.6 Å². The number of aliphatic carboxylic acids is 1. The third-order valence-electron chi connectivity index (χ3n) is 8.74. The van der Waals surface area contributed by atoms with Crippen molar-refractivity contribution in [3.8, 4) is 39.8 Å². The van der Waals surface area contributed by atoms with Crippen LogP contribution in [0.5, 0.6) is 17.2 Å². The summed E-state index contributed by atoms with van der Waals surface area (Å²) in [6.07, 6.45) is 9.70. The molecule has 52 heavy (non-hydrogen) atoms. The van der Waals surface area contributed by atoms with E-state index >= 15 is 0 Å². The van der Waals surface area contributed by atoms with Gasteiger partial charge >= 0.3 is 5.97 Å². The van der Waals surface area contributed by atoms with E-state index < -0.39 is 23.8 Å². The molecule has 0 aliphatic rings. The van der Waals surface area contributed by atoms with Crippen molar-refractivity contribution < 1.29 is 29.0 Å². The molecule has 0 saturated heterocycles. The van der Waals surface area contributed by atoms with Gasteiger partial charge in [-0.3, -0.25) is 14.4 Å². The predicted octanol–water partition coefficient (Wildman–Crippen LogP) is 8.97. The minimum absolute atomic E-state index is 0.102. The lowest BCUT2D eigenvalue weighted by Gasteiger charge is -2.18. The second kappa shape index (κ2) is 19.0. The van der Waals surface area contributed by atoms with E-state index in [0.29, 0.717) is 22.9 Å². The number of carbonyl (C=O) groups excluding carboxylic acids is 2. The Morgan fingerprint density at radius 3 is 1.98 bits per heavy atom. The Morgan fingerprint density at radius 1 is 0.712 bits per heavy atom. The molecular weight excluding hydrogens is 654 g/mol. The quantitative estimate of drug-likeness (QED) is 0.0646. The highest BCUT2D eigenvalue weighted by molar-refractivity contribution is 5.99. The number of carboxylic acid groups (broad SMARTS) is 1. The zero-order chi connectivity index (χ0) is 36.7. The number of para-hydroxylation sites is 1. The molecule has 2 N–H and O–H groups in total. The summed E-state index contributed by atoms with van der Waals surface area (Å²) in [6, 6.07) is 30.4. The standard InChI is InChI=1S/C43H45N3O6/c1-3-4-5-6-10-25-51-37-21-17-32(18-22-37)36-28-44-41(45-29-36)34-15-13-31(14-16-34)26-35(42(48)46-30(2)43(49)50)27-40(47)33-19-23-39(24-20-33)52-38-11-8-7-9-12-38/h7-9,11-24,28-30,35H,3-6,10,25-27H2,1-2H3,(H,46,48)(H,49,50)/t30-,35-/m1/s1. The van der Waals surface area contributed by atoms with Gasteiger partial charge in [0.1, 0.15) is 23.3 Å². The second-order valence-electron chi connectivity index (χ2n) is 12.8. The highest BCUT2D eigenvalue weighted by Crippen LogP contribution is 2.26. The summed E-state index contributed by atoms with van der Waals surface area (Å²) in [4.78, 5) is 47.2. The summed E-state index contributed by atoms with van der Waals surface area (Å²) in [5.74, 6) is -0.0318. The van der Waals surface area contributed by atoms with Crippen LogP contribution in [0.1, 0.15) is 68.3 Å². The molecule has 5 aromatic rings. The number of unbranched alkanes of at least 4 members (excludes halogenated alkanes) is 4. The Morgan fingerprint density at radius 2 is 1.33 bits per heavy atom. The van der Waals surface area contributed by atoms with Gasteiger partial charge in [-0.05, 0) is 79.4 Å². The molecule has 0 spiro atoms. The largest absolute Gasteiger partial charge is 0.494 e. The van der Waals surface area contributed by atoms with Crippen molar-refractivity contribution in [2.45, 2.75) is 64.8 Å². The van der Waals surface area contributed by atoms with Gasteiger partial charge in [-0.15, -0.1) is 0 Å². The average Bonchev–Trinajstić information content (AvgIpc) is 3.17. The van der Waals surface area contributed by atoms with Crippen molar-refractivity contribution in [2.75, 3.05) is 6.61 Å². The van der Waals surface area contributed by atoms with Crippen LogP contribution in [0.3, 0.4) is 0 Å². The summed E-state index contributed by atoms with van der Waals surface area (Å²) < 4.78 is 11.7. The number of amides is 1. The maximum Gasteiger partial charge on any atom is 0.325 e. The number of carboxylic acids is 1. The molecule has 9 nitrogen and oxygen atoms in total. The fourth-order valence-corrected chi connectivity index (χ4v) is 5.67. The number of carbonyl (C=O) groups is 3. The third-order valence-corrected chi connectivity index (χ3v) is 8.74. The van der Waals surface area contributed by atoms with E-state index in [1.807, 2.05) is 78.9 Å². The lowest BCUT2D eigenvalue weighted by Crippen LogP contribution is -2.42. The van der Waals surface area contributed by atoms with Crippen molar-refractivity contribution in [3.63, 3.8) is 0 Å². The number of benzene rings is 4. The Labute approximate surface area is 305 Å². The number of hydrogen-bond acceptors (Lipinski definition) is 7. The van der Waals surface area contributed by atoms with Gasteiger partial charge in [0.25, 0.3) is 0 Å². The monoisotopic (exact) mass is 699 g/mol. The number of ketones is 1.